The van der Waals surface area contributed by atoms with Crippen molar-refractivity contribution >= 4 is 11.9 Å². The Labute approximate surface area is 145 Å². The minimum atomic E-state index is -1.13. The summed E-state index contributed by atoms with van der Waals surface area (Å²) in [6.45, 7) is 5.84. The Morgan fingerprint density at radius 3 is 2.56 bits per heavy atom. The quantitative estimate of drug-likeness (QED) is 0.790. The predicted molar refractivity (Wildman–Crippen MR) is 90.6 cm³/mol. The van der Waals surface area contributed by atoms with E-state index in [1.165, 1.54) is 11.0 Å². The van der Waals surface area contributed by atoms with Crippen molar-refractivity contribution in [3.05, 3.63) is 42.5 Å². The Balaban J connectivity index is 1.99. The lowest BCUT2D eigenvalue weighted by Gasteiger charge is -2.21. The molecule has 1 aromatic carbocycles. The highest BCUT2D eigenvalue weighted by atomic mass is 16.5. The fourth-order valence-electron chi connectivity index (χ4n) is 2.04. The fraction of sp³-hybridized carbons (Fsp3) is 0.412. The molecule has 1 aromatic heterocycles. The van der Waals surface area contributed by atoms with E-state index in [1.807, 2.05) is 51.1 Å². The maximum Gasteiger partial charge on any atom is 0.326 e. The summed E-state index contributed by atoms with van der Waals surface area (Å²) >= 11 is 0. The molecule has 8 heteroatoms. The van der Waals surface area contributed by atoms with E-state index in [4.69, 9.17) is 4.74 Å². The lowest BCUT2D eigenvalue weighted by atomic mass is 10.1. The van der Waals surface area contributed by atoms with E-state index >= 15 is 0 Å². The number of hydrogen-bond acceptors (Lipinski definition) is 5. The smallest absolute Gasteiger partial charge is 0.326 e. The zero-order valence-electron chi connectivity index (χ0n) is 14.5. The molecule has 0 fully saturated rings. The Morgan fingerprint density at radius 1 is 1.28 bits per heavy atom. The molecular weight excluding hydrogens is 324 g/mol. The van der Waals surface area contributed by atoms with Gasteiger partial charge in [-0.05, 0) is 32.9 Å². The van der Waals surface area contributed by atoms with E-state index in [9.17, 15) is 14.7 Å². The van der Waals surface area contributed by atoms with Crippen molar-refractivity contribution in [3.63, 3.8) is 0 Å². The topological polar surface area (TPSA) is 106 Å². The van der Waals surface area contributed by atoms with Crippen molar-refractivity contribution in [1.29, 1.82) is 0 Å². The fourth-order valence-corrected chi connectivity index (χ4v) is 2.04. The molecule has 25 heavy (non-hydrogen) atoms. The van der Waals surface area contributed by atoms with E-state index in [-0.39, 0.29) is 24.5 Å². The molecule has 2 aromatic rings. The van der Waals surface area contributed by atoms with Crippen LogP contribution in [0.3, 0.4) is 0 Å². The van der Waals surface area contributed by atoms with Crippen molar-refractivity contribution in [2.24, 2.45) is 0 Å². The first-order chi connectivity index (χ1) is 11.8. The lowest BCUT2D eigenvalue weighted by molar-refractivity contribution is -0.140. The summed E-state index contributed by atoms with van der Waals surface area (Å²) in [5.74, 6) is -1.86. The second-order valence-electron chi connectivity index (χ2n) is 6.46. The molecule has 1 unspecified atom stereocenters. The summed E-state index contributed by atoms with van der Waals surface area (Å²) in [6.07, 6.45) is 1.56. The third-order valence-corrected chi connectivity index (χ3v) is 3.26. The van der Waals surface area contributed by atoms with E-state index in [0.29, 0.717) is 0 Å². The van der Waals surface area contributed by atoms with Gasteiger partial charge in [-0.15, -0.1) is 5.10 Å². The average Bonchev–Trinajstić information content (AvgIpc) is 3.03. The number of ether oxygens (including phenoxy) is 1. The second kappa shape index (κ2) is 7.89. The van der Waals surface area contributed by atoms with Crippen LogP contribution in [-0.2, 0) is 9.53 Å². The maximum absolute atomic E-state index is 12.2. The SMILES string of the molecule is CC(C)(C)OCCC(NC(=O)c1ncn(-c2ccccc2)n1)C(=O)O. The molecule has 1 heterocycles. The molecule has 1 atom stereocenters. The molecule has 0 bridgehead atoms. The number of rotatable bonds is 7. The molecule has 0 saturated heterocycles. The number of hydrogen-bond donors (Lipinski definition) is 2. The van der Waals surface area contributed by atoms with E-state index in [0.717, 1.165) is 5.69 Å². The van der Waals surface area contributed by atoms with Crippen molar-refractivity contribution in [1.82, 2.24) is 20.1 Å². The van der Waals surface area contributed by atoms with Gasteiger partial charge in [-0.3, -0.25) is 4.79 Å². The maximum atomic E-state index is 12.2. The van der Waals surface area contributed by atoms with E-state index in [1.54, 1.807) is 0 Å². The standard InChI is InChI=1S/C17H22N4O4/c1-17(2,3)25-10-9-13(16(23)24)19-15(22)14-18-11-21(20-14)12-7-5-4-6-8-12/h4-8,11,13H,9-10H2,1-3H3,(H,19,22)(H,23,24). The first kappa shape index (κ1) is 18.6. The average molecular weight is 346 g/mol. The zero-order valence-corrected chi connectivity index (χ0v) is 14.5. The third kappa shape index (κ3) is 5.68. The predicted octanol–water partition coefficient (Wildman–Crippen LogP) is 1.66. The molecule has 0 aliphatic rings. The van der Waals surface area contributed by atoms with Crippen molar-refractivity contribution in [2.75, 3.05) is 6.61 Å². The zero-order chi connectivity index (χ0) is 18.4. The van der Waals surface area contributed by atoms with Crippen LogP contribution in [0.15, 0.2) is 36.7 Å². The monoisotopic (exact) mass is 346 g/mol. The number of carbonyl (C=O) groups is 2. The second-order valence-corrected chi connectivity index (χ2v) is 6.46. The van der Waals surface area contributed by atoms with Crippen molar-refractivity contribution in [2.45, 2.75) is 38.8 Å². The van der Waals surface area contributed by atoms with Gasteiger partial charge in [0.1, 0.15) is 12.4 Å². The Morgan fingerprint density at radius 2 is 1.96 bits per heavy atom. The summed E-state index contributed by atoms with van der Waals surface area (Å²) in [5, 5.41) is 15.8. The van der Waals surface area contributed by atoms with Crippen LogP contribution in [0.1, 0.15) is 37.8 Å². The molecule has 0 aliphatic heterocycles. The van der Waals surface area contributed by atoms with Crippen LogP contribution < -0.4 is 5.32 Å². The van der Waals surface area contributed by atoms with Crippen LogP contribution in [0.4, 0.5) is 0 Å². The largest absolute Gasteiger partial charge is 0.480 e. The summed E-state index contributed by atoms with van der Waals surface area (Å²) in [4.78, 5) is 27.5. The highest BCUT2D eigenvalue weighted by Crippen LogP contribution is 2.09. The van der Waals surface area contributed by atoms with Crippen molar-refractivity contribution in [3.8, 4) is 5.69 Å². The van der Waals surface area contributed by atoms with Gasteiger partial charge in [-0.1, -0.05) is 18.2 Å². The van der Waals surface area contributed by atoms with Gasteiger partial charge in [0.05, 0.1) is 11.3 Å². The number of aliphatic carboxylic acids is 1. The minimum Gasteiger partial charge on any atom is -0.480 e. The number of amides is 1. The first-order valence-corrected chi connectivity index (χ1v) is 7.91. The van der Waals surface area contributed by atoms with Gasteiger partial charge in [-0.2, -0.15) is 0 Å². The lowest BCUT2D eigenvalue weighted by Crippen LogP contribution is -2.42. The van der Waals surface area contributed by atoms with Crippen LogP contribution in [0.2, 0.25) is 0 Å². The van der Waals surface area contributed by atoms with Crippen LogP contribution in [0.5, 0.6) is 0 Å². The summed E-state index contributed by atoms with van der Waals surface area (Å²) in [6, 6.07) is 8.11. The van der Waals surface area contributed by atoms with Crippen LogP contribution >= 0.6 is 0 Å². The summed E-state index contributed by atoms with van der Waals surface area (Å²) in [7, 11) is 0. The Hall–Kier alpha value is -2.74. The summed E-state index contributed by atoms with van der Waals surface area (Å²) in [5.41, 5.74) is 0.380. The molecule has 1 amide bonds. The molecule has 0 radical (unpaired) electrons. The summed E-state index contributed by atoms with van der Waals surface area (Å²) < 4.78 is 6.96. The molecule has 2 N–H and O–H groups in total. The van der Waals surface area contributed by atoms with Gasteiger partial charge < -0.3 is 15.2 Å². The Kier molecular flexibility index (Phi) is 5.87. The number of carboxylic acid groups (broad SMARTS) is 1. The van der Waals surface area contributed by atoms with Gasteiger partial charge in [0.15, 0.2) is 0 Å². The van der Waals surface area contributed by atoms with Crippen LogP contribution in [0.25, 0.3) is 5.69 Å². The molecule has 8 nitrogen and oxygen atoms in total. The van der Waals surface area contributed by atoms with Gasteiger partial charge in [0.2, 0.25) is 5.82 Å². The molecular formula is C17H22N4O4. The number of nitrogens with zero attached hydrogens (tertiary/aromatic N) is 3. The third-order valence-electron chi connectivity index (χ3n) is 3.26. The molecule has 0 spiro atoms. The normalized spacial score (nSPS) is 12.6. The molecule has 134 valence electrons. The van der Waals surface area contributed by atoms with E-state index in [2.05, 4.69) is 15.4 Å². The number of benzene rings is 1. The Bertz CT molecular complexity index is 722. The first-order valence-electron chi connectivity index (χ1n) is 7.91. The van der Waals surface area contributed by atoms with Crippen molar-refractivity contribution < 1.29 is 19.4 Å². The number of aromatic nitrogens is 3. The van der Waals surface area contributed by atoms with Gasteiger partial charge in [-0.25, -0.2) is 14.5 Å². The number of carboxylic acids is 1. The molecule has 0 saturated carbocycles. The number of para-hydroxylation sites is 1. The van der Waals surface area contributed by atoms with Crippen LogP contribution in [0, 0.1) is 0 Å². The molecule has 0 aliphatic carbocycles. The minimum absolute atomic E-state index is 0.0909. The van der Waals surface area contributed by atoms with E-state index < -0.39 is 17.9 Å². The van der Waals surface area contributed by atoms with Crippen LogP contribution in [-0.4, -0.2) is 50.0 Å². The number of nitrogens with one attached hydrogen (secondary N) is 1. The highest BCUT2D eigenvalue weighted by Gasteiger charge is 2.23. The van der Waals surface area contributed by atoms with Gasteiger partial charge in [0, 0.05) is 13.0 Å². The van der Waals surface area contributed by atoms with Gasteiger partial charge >= 0.3 is 5.97 Å². The highest BCUT2D eigenvalue weighted by molar-refractivity contribution is 5.93. The number of carbonyl (C=O) groups excluding carboxylic acids is 1. The molecule has 2 rings (SSSR count). The van der Waals surface area contributed by atoms with Gasteiger partial charge in [0.25, 0.3) is 5.91 Å².